The molecule has 3 aromatic carbocycles. The summed E-state index contributed by atoms with van der Waals surface area (Å²) in [5.74, 6) is 0.229. The predicted molar refractivity (Wildman–Crippen MR) is 131 cm³/mol. The number of nitrogens with zero attached hydrogens (tertiary/aromatic N) is 1. The van der Waals surface area contributed by atoms with Crippen molar-refractivity contribution in [2.45, 2.75) is 39.8 Å². The third-order valence-electron chi connectivity index (χ3n) is 5.61. The molecule has 0 aliphatic rings. The third kappa shape index (κ3) is 6.94. The van der Waals surface area contributed by atoms with Gasteiger partial charge in [-0.15, -0.1) is 0 Å². The minimum atomic E-state index is -0.652. The Morgan fingerprint density at radius 2 is 1.58 bits per heavy atom. The average Bonchev–Trinajstić information content (AvgIpc) is 2.82. The topological polar surface area (TPSA) is 58.6 Å². The molecule has 0 fully saturated rings. The molecule has 5 heteroatoms. The number of nitrogens with one attached hydrogen (secondary N) is 1. The van der Waals surface area contributed by atoms with Crippen LogP contribution in [0.15, 0.2) is 78.9 Å². The van der Waals surface area contributed by atoms with E-state index in [1.807, 2.05) is 99.6 Å². The number of benzene rings is 3. The van der Waals surface area contributed by atoms with E-state index in [1.54, 1.807) is 4.90 Å². The molecule has 0 unspecified atom stereocenters. The highest BCUT2D eigenvalue weighted by molar-refractivity contribution is 5.88. The summed E-state index contributed by atoms with van der Waals surface area (Å²) in [7, 11) is 0. The Bertz CT molecular complexity index is 1050. The zero-order valence-corrected chi connectivity index (χ0v) is 19.6. The number of likely N-dealkylation sites (N-methyl/N-ethyl adjacent to an activating group) is 1. The summed E-state index contributed by atoms with van der Waals surface area (Å²) in [4.78, 5) is 28.2. The first-order valence-corrected chi connectivity index (χ1v) is 11.3. The van der Waals surface area contributed by atoms with E-state index in [0.29, 0.717) is 25.3 Å². The van der Waals surface area contributed by atoms with Crippen molar-refractivity contribution >= 4 is 11.8 Å². The van der Waals surface area contributed by atoms with Crippen LogP contribution in [0.1, 0.15) is 29.2 Å². The second-order valence-electron chi connectivity index (χ2n) is 8.15. The highest BCUT2D eigenvalue weighted by Gasteiger charge is 2.30. The van der Waals surface area contributed by atoms with Gasteiger partial charge in [-0.05, 0) is 49.6 Å². The van der Waals surface area contributed by atoms with Gasteiger partial charge in [0.15, 0.2) is 6.61 Å². The van der Waals surface area contributed by atoms with Crippen molar-refractivity contribution in [1.82, 2.24) is 10.2 Å². The molecule has 3 rings (SSSR count). The van der Waals surface area contributed by atoms with Crippen LogP contribution in [-0.4, -0.2) is 35.9 Å². The first-order valence-electron chi connectivity index (χ1n) is 11.3. The fraction of sp³-hybridized carbons (Fsp3) is 0.286. The van der Waals surface area contributed by atoms with Gasteiger partial charge in [0.1, 0.15) is 11.8 Å². The van der Waals surface area contributed by atoms with Gasteiger partial charge < -0.3 is 15.0 Å². The highest BCUT2D eigenvalue weighted by Crippen LogP contribution is 2.18. The van der Waals surface area contributed by atoms with Gasteiger partial charge in [-0.3, -0.25) is 9.59 Å². The number of ether oxygens (including phenoxy) is 1. The predicted octanol–water partition coefficient (Wildman–Crippen LogP) is 4.46. The third-order valence-corrected chi connectivity index (χ3v) is 5.61. The lowest BCUT2D eigenvalue weighted by molar-refractivity contribution is -0.142. The number of rotatable bonds is 10. The molecule has 0 radical (unpaired) electrons. The van der Waals surface area contributed by atoms with Gasteiger partial charge in [0.25, 0.3) is 5.91 Å². The maximum atomic E-state index is 13.5. The van der Waals surface area contributed by atoms with Crippen molar-refractivity contribution in [3.63, 3.8) is 0 Å². The zero-order valence-electron chi connectivity index (χ0n) is 19.6. The molecule has 0 saturated heterocycles. The highest BCUT2D eigenvalue weighted by atomic mass is 16.5. The van der Waals surface area contributed by atoms with E-state index in [2.05, 4.69) is 5.32 Å². The summed E-state index contributed by atoms with van der Waals surface area (Å²) < 4.78 is 5.79. The largest absolute Gasteiger partial charge is 0.484 e. The molecule has 2 amide bonds. The van der Waals surface area contributed by atoms with Gasteiger partial charge in [0.05, 0.1) is 0 Å². The van der Waals surface area contributed by atoms with Gasteiger partial charge in [-0.1, -0.05) is 72.3 Å². The molecule has 1 atom stereocenters. The number of carbonyl (C=O) groups is 2. The van der Waals surface area contributed by atoms with Crippen LogP contribution in [0.4, 0.5) is 0 Å². The molecule has 5 nitrogen and oxygen atoms in total. The Balaban J connectivity index is 1.89. The number of carbonyl (C=O) groups excluding carboxylic acids is 2. The van der Waals surface area contributed by atoms with Gasteiger partial charge in [0.2, 0.25) is 5.91 Å². The Labute approximate surface area is 196 Å². The van der Waals surface area contributed by atoms with E-state index in [0.717, 1.165) is 22.3 Å². The van der Waals surface area contributed by atoms with Crippen molar-refractivity contribution < 1.29 is 14.3 Å². The van der Waals surface area contributed by atoms with Crippen molar-refractivity contribution in [3.8, 4) is 5.75 Å². The maximum absolute atomic E-state index is 13.5. The summed E-state index contributed by atoms with van der Waals surface area (Å²) in [5.41, 5.74) is 4.19. The van der Waals surface area contributed by atoms with Crippen molar-refractivity contribution in [1.29, 1.82) is 0 Å². The van der Waals surface area contributed by atoms with Crippen LogP contribution in [0.3, 0.4) is 0 Å². The Morgan fingerprint density at radius 1 is 0.909 bits per heavy atom. The second kappa shape index (κ2) is 11.9. The molecule has 0 saturated carbocycles. The molecule has 0 aliphatic heterocycles. The first-order chi connectivity index (χ1) is 16.0. The van der Waals surface area contributed by atoms with Crippen LogP contribution in [0, 0.1) is 13.8 Å². The van der Waals surface area contributed by atoms with Gasteiger partial charge in [-0.2, -0.15) is 0 Å². The summed E-state index contributed by atoms with van der Waals surface area (Å²) in [6.45, 7) is 6.58. The lowest BCUT2D eigenvalue weighted by Gasteiger charge is -2.31. The lowest BCUT2D eigenvalue weighted by atomic mass is 10.0. The van der Waals surface area contributed by atoms with E-state index in [4.69, 9.17) is 4.74 Å². The smallest absolute Gasteiger partial charge is 0.261 e. The summed E-state index contributed by atoms with van der Waals surface area (Å²) in [6, 6.07) is 24.6. The molecule has 0 bridgehead atoms. The van der Waals surface area contributed by atoms with Crippen LogP contribution in [0.2, 0.25) is 0 Å². The molecular weight excluding hydrogens is 412 g/mol. The molecule has 1 N–H and O–H groups in total. The van der Waals surface area contributed by atoms with Gasteiger partial charge >= 0.3 is 0 Å². The number of aryl methyl sites for hydroxylation is 2. The molecule has 3 aromatic rings. The number of amides is 2. The summed E-state index contributed by atoms with van der Waals surface area (Å²) in [5, 5.41) is 2.91. The second-order valence-corrected chi connectivity index (χ2v) is 8.15. The van der Waals surface area contributed by atoms with Gasteiger partial charge in [-0.25, -0.2) is 0 Å². The molecule has 0 heterocycles. The summed E-state index contributed by atoms with van der Waals surface area (Å²) >= 11 is 0. The standard InChI is InChI=1S/C28H32N2O3/c1-4-29-28(32)26(18-23-11-6-5-7-12-23)30(19-24-13-9-8-10-22(24)3)27(31)20-33-25-16-14-21(2)15-17-25/h5-17,26H,4,18-20H2,1-3H3,(H,29,32)/t26-/m0/s1. The minimum Gasteiger partial charge on any atom is -0.484 e. The maximum Gasteiger partial charge on any atom is 0.261 e. The van der Waals surface area contributed by atoms with E-state index < -0.39 is 6.04 Å². The molecule has 33 heavy (non-hydrogen) atoms. The molecule has 0 aromatic heterocycles. The average molecular weight is 445 g/mol. The van der Waals surface area contributed by atoms with E-state index in [-0.39, 0.29) is 18.4 Å². The minimum absolute atomic E-state index is 0.139. The molecular formula is C28H32N2O3. The van der Waals surface area contributed by atoms with Crippen LogP contribution < -0.4 is 10.1 Å². The van der Waals surface area contributed by atoms with Crippen molar-refractivity contribution in [2.75, 3.05) is 13.2 Å². The number of hydrogen-bond acceptors (Lipinski definition) is 3. The fourth-order valence-corrected chi connectivity index (χ4v) is 3.68. The SMILES string of the molecule is CCNC(=O)[C@H](Cc1ccccc1)N(Cc1ccccc1C)C(=O)COc1ccc(C)cc1. The van der Waals surface area contributed by atoms with Crippen LogP contribution >= 0.6 is 0 Å². The molecule has 172 valence electrons. The van der Waals surface area contributed by atoms with E-state index in [1.165, 1.54) is 0 Å². The monoisotopic (exact) mass is 444 g/mol. The first kappa shape index (κ1) is 24.1. The molecule has 0 spiro atoms. The number of hydrogen-bond donors (Lipinski definition) is 1. The van der Waals surface area contributed by atoms with Crippen LogP contribution in [-0.2, 0) is 22.6 Å². The quantitative estimate of drug-likeness (QED) is 0.502. The fourth-order valence-electron chi connectivity index (χ4n) is 3.68. The lowest BCUT2D eigenvalue weighted by Crippen LogP contribution is -2.51. The van der Waals surface area contributed by atoms with Crippen molar-refractivity contribution in [3.05, 3.63) is 101 Å². The van der Waals surface area contributed by atoms with Crippen molar-refractivity contribution in [2.24, 2.45) is 0 Å². The zero-order chi connectivity index (χ0) is 23.6. The van der Waals surface area contributed by atoms with E-state index >= 15 is 0 Å². The normalized spacial score (nSPS) is 11.5. The van der Waals surface area contributed by atoms with E-state index in [9.17, 15) is 9.59 Å². The summed E-state index contributed by atoms with van der Waals surface area (Å²) in [6.07, 6.45) is 0.425. The van der Waals surface area contributed by atoms with Crippen LogP contribution in [0.25, 0.3) is 0 Å². The van der Waals surface area contributed by atoms with Gasteiger partial charge in [0, 0.05) is 19.5 Å². The Morgan fingerprint density at radius 3 is 2.24 bits per heavy atom. The Hall–Kier alpha value is -3.60. The van der Waals surface area contributed by atoms with Crippen LogP contribution in [0.5, 0.6) is 5.75 Å². The Kier molecular flexibility index (Phi) is 8.64. The molecule has 0 aliphatic carbocycles.